The molecule has 0 saturated heterocycles. The average Bonchev–Trinajstić information content (AvgIpc) is 2.24. The van der Waals surface area contributed by atoms with Gasteiger partial charge in [0, 0.05) is 11.6 Å². The van der Waals surface area contributed by atoms with Crippen molar-refractivity contribution in [2.45, 2.75) is 13.0 Å². The van der Waals surface area contributed by atoms with Crippen LogP contribution in [0.25, 0.3) is 0 Å². The Hall–Kier alpha value is -1.11. The Morgan fingerprint density at radius 1 is 1.41 bits per heavy atom. The fourth-order valence-corrected chi connectivity index (χ4v) is 2.32. The summed E-state index contributed by atoms with van der Waals surface area (Å²) in [6.45, 7) is 0.0997. The molecule has 0 aromatic heterocycles. The lowest BCUT2D eigenvalue weighted by Gasteiger charge is -2.05. The van der Waals surface area contributed by atoms with Crippen molar-refractivity contribution >= 4 is 27.6 Å². The van der Waals surface area contributed by atoms with Gasteiger partial charge < -0.3 is 5.11 Å². The third-order valence-electron chi connectivity index (χ3n) is 1.97. The summed E-state index contributed by atoms with van der Waals surface area (Å²) in [6.07, 6.45) is -0.412. The molecule has 0 radical (unpaired) electrons. The Bertz CT molecular complexity index is 501. The average molecular weight is 278 g/mol. The Morgan fingerprint density at radius 2 is 2.12 bits per heavy atom. The minimum Gasteiger partial charge on any atom is -0.481 e. The van der Waals surface area contributed by atoms with E-state index in [1.165, 1.54) is 0 Å². The van der Waals surface area contributed by atoms with Crippen molar-refractivity contribution in [3.05, 3.63) is 34.9 Å². The van der Waals surface area contributed by atoms with E-state index < -0.39 is 28.2 Å². The number of hydrogen-bond acceptors (Lipinski definition) is 3. The van der Waals surface area contributed by atoms with Gasteiger partial charge in [0.15, 0.2) is 0 Å². The van der Waals surface area contributed by atoms with Crippen LogP contribution in [0.15, 0.2) is 24.3 Å². The molecule has 0 bridgehead atoms. The Morgan fingerprint density at radius 3 is 2.71 bits per heavy atom. The van der Waals surface area contributed by atoms with E-state index in [2.05, 4.69) is 4.72 Å². The summed E-state index contributed by atoms with van der Waals surface area (Å²) < 4.78 is 25.1. The molecule has 1 rings (SSSR count). The molecule has 1 aromatic carbocycles. The number of hydrogen-bond donors (Lipinski definition) is 2. The second kappa shape index (κ2) is 6.00. The predicted molar refractivity (Wildman–Crippen MR) is 64.3 cm³/mol. The van der Waals surface area contributed by atoms with E-state index in [9.17, 15) is 13.2 Å². The van der Waals surface area contributed by atoms with Crippen LogP contribution in [-0.2, 0) is 21.4 Å². The van der Waals surface area contributed by atoms with Crippen molar-refractivity contribution in [3.8, 4) is 0 Å². The van der Waals surface area contributed by atoms with Crippen molar-refractivity contribution in [1.82, 2.24) is 4.72 Å². The first-order chi connectivity index (χ1) is 7.89. The van der Waals surface area contributed by atoms with Crippen LogP contribution in [0.3, 0.4) is 0 Å². The number of carbonyl (C=O) groups is 1. The van der Waals surface area contributed by atoms with Gasteiger partial charge in [0.1, 0.15) is 0 Å². The van der Waals surface area contributed by atoms with E-state index in [0.717, 1.165) is 5.56 Å². The molecule has 0 atom stereocenters. The summed E-state index contributed by atoms with van der Waals surface area (Å²) in [5.41, 5.74) is 0.719. The van der Waals surface area contributed by atoms with Crippen molar-refractivity contribution in [2.75, 3.05) is 5.75 Å². The van der Waals surface area contributed by atoms with E-state index in [0.29, 0.717) is 5.02 Å². The van der Waals surface area contributed by atoms with Gasteiger partial charge >= 0.3 is 5.97 Å². The van der Waals surface area contributed by atoms with Gasteiger partial charge in [0.25, 0.3) is 0 Å². The SMILES string of the molecule is O=C(O)CCS(=O)(=O)NCc1cccc(Cl)c1. The van der Waals surface area contributed by atoms with E-state index in [1.807, 2.05) is 0 Å². The van der Waals surface area contributed by atoms with Crippen LogP contribution in [-0.4, -0.2) is 25.2 Å². The topological polar surface area (TPSA) is 83.5 Å². The van der Waals surface area contributed by atoms with E-state index in [1.54, 1.807) is 24.3 Å². The highest BCUT2D eigenvalue weighted by atomic mass is 35.5. The zero-order chi connectivity index (χ0) is 12.9. The molecule has 0 spiro atoms. The zero-order valence-electron chi connectivity index (χ0n) is 8.89. The van der Waals surface area contributed by atoms with Crippen molar-refractivity contribution < 1.29 is 18.3 Å². The van der Waals surface area contributed by atoms with Gasteiger partial charge in [-0.1, -0.05) is 23.7 Å². The third kappa shape index (κ3) is 5.67. The van der Waals surface area contributed by atoms with Gasteiger partial charge in [0.05, 0.1) is 12.2 Å². The molecule has 0 amide bonds. The van der Waals surface area contributed by atoms with Gasteiger partial charge in [-0.15, -0.1) is 0 Å². The first-order valence-corrected chi connectivity index (χ1v) is 6.86. The van der Waals surface area contributed by atoms with Crippen LogP contribution >= 0.6 is 11.6 Å². The molecule has 2 N–H and O–H groups in total. The summed E-state index contributed by atoms with van der Waals surface area (Å²) in [5, 5.41) is 8.91. The van der Waals surface area contributed by atoms with Crippen LogP contribution < -0.4 is 4.72 Å². The number of rotatable bonds is 6. The first-order valence-electron chi connectivity index (χ1n) is 4.82. The van der Waals surface area contributed by atoms with Crippen molar-refractivity contribution in [1.29, 1.82) is 0 Å². The number of aliphatic carboxylic acids is 1. The zero-order valence-corrected chi connectivity index (χ0v) is 10.5. The normalized spacial score (nSPS) is 11.4. The lowest BCUT2D eigenvalue weighted by molar-refractivity contribution is -0.136. The number of sulfonamides is 1. The highest BCUT2D eigenvalue weighted by molar-refractivity contribution is 7.89. The van der Waals surface area contributed by atoms with Crippen LogP contribution in [0, 0.1) is 0 Å². The lowest BCUT2D eigenvalue weighted by Crippen LogP contribution is -2.27. The van der Waals surface area contributed by atoms with Crippen LogP contribution in [0.1, 0.15) is 12.0 Å². The number of carboxylic acid groups (broad SMARTS) is 1. The monoisotopic (exact) mass is 277 g/mol. The second-order valence-electron chi connectivity index (χ2n) is 3.41. The number of halogens is 1. The fourth-order valence-electron chi connectivity index (χ4n) is 1.13. The van der Waals surface area contributed by atoms with Crippen LogP contribution in [0.2, 0.25) is 5.02 Å². The minimum absolute atomic E-state index is 0.0997. The highest BCUT2D eigenvalue weighted by Gasteiger charge is 2.12. The third-order valence-corrected chi connectivity index (χ3v) is 3.53. The molecule has 0 aliphatic carbocycles. The van der Waals surface area contributed by atoms with E-state index in [-0.39, 0.29) is 6.54 Å². The summed E-state index contributed by atoms with van der Waals surface area (Å²) in [5.74, 6) is -1.57. The quantitative estimate of drug-likeness (QED) is 0.819. The van der Waals surface area contributed by atoms with Crippen LogP contribution in [0.5, 0.6) is 0 Å². The standard InChI is InChI=1S/C10H12ClNO4S/c11-9-3-1-2-8(6-9)7-12-17(15,16)5-4-10(13)14/h1-3,6,12H,4-5,7H2,(H,13,14). The van der Waals surface area contributed by atoms with Gasteiger partial charge in [0.2, 0.25) is 10.0 Å². The maximum atomic E-state index is 11.4. The molecule has 5 nitrogen and oxygen atoms in total. The molecule has 0 unspecified atom stereocenters. The lowest BCUT2D eigenvalue weighted by atomic mass is 10.2. The van der Waals surface area contributed by atoms with Gasteiger partial charge in [-0.2, -0.15) is 0 Å². The first kappa shape index (κ1) is 14.0. The molecule has 0 fully saturated rings. The van der Waals surface area contributed by atoms with Gasteiger partial charge in [-0.05, 0) is 17.7 Å². The number of nitrogens with one attached hydrogen (secondary N) is 1. The molecule has 17 heavy (non-hydrogen) atoms. The molecule has 0 aliphatic heterocycles. The number of benzene rings is 1. The summed E-state index contributed by atoms with van der Waals surface area (Å²) in [6, 6.07) is 6.76. The molecular formula is C10H12ClNO4S. The summed E-state index contributed by atoms with van der Waals surface area (Å²) in [4.78, 5) is 10.3. The van der Waals surface area contributed by atoms with E-state index >= 15 is 0 Å². The smallest absolute Gasteiger partial charge is 0.304 e. The predicted octanol–water partition coefficient (Wildman–Crippen LogP) is 1.23. The highest BCUT2D eigenvalue weighted by Crippen LogP contribution is 2.10. The maximum Gasteiger partial charge on any atom is 0.304 e. The molecule has 1 aromatic rings. The molecule has 0 heterocycles. The molecule has 0 aliphatic rings. The second-order valence-corrected chi connectivity index (χ2v) is 5.78. The minimum atomic E-state index is -3.56. The van der Waals surface area contributed by atoms with Gasteiger partial charge in [-0.3, -0.25) is 4.79 Å². The van der Waals surface area contributed by atoms with Crippen LogP contribution in [0.4, 0.5) is 0 Å². The largest absolute Gasteiger partial charge is 0.481 e. The Kier molecular flexibility index (Phi) is 4.92. The number of carboxylic acids is 1. The molecule has 94 valence electrons. The van der Waals surface area contributed by atoms with E-state index in [4.69, 9.17) is 16.7 Å². The molecular weight excluding hydrogens is 266 g/mol. The molecule has 0 saturated carbocycles. The fraction of sp³-hybridized carbons (Fsp3) is 0.300. The Balaban J connectivity index is 2.52. The van der Waals surface area contributed by atoms with Crippen molar-refractivity contribution in [3.63, 3.8) is 0 Å². The van der Waals surface area contributed by atoms with Gasteiger partial charge in [-0.25, -0.2) is 13.1 Å². The summed E-state index contributed by atoms with van der Waals surface area (Å²) >= 11 is 5.74. The molecule has 7 heteroatoms. The Labute approximate surface area is 104 Å². The summed E-state index contributed by atoms with van der Waals surface area (Å²) in [7, 11) is -3.56. The van der Waals surface area contributed by atoms with Crippen molar-refractivity contribution in [2.24, 2.45) is 0 Å². The maximum absolute atomic E-state index is 11.4.